The van der Waals surface area contributed by atoms with E-state index < -0.39 is 46.9 Å². The number of aromatic nitrogens is 2. The number of hydrogen-bond donors (Lipinski definition) is 0. The minimum atomic E-state index is -0.959. The molecule has 2 heterocycles. The molecule has 1 aromatic heterocycles. The van der Waals surface area contributed by atoms with Crippen LogP contribution in [0.15, 0.2) is 30.9 Å². The Bertz CT molecular complexity index is 1480. The number of carbonyl (C=O) groups excluding carboxylic acids is 3. The van der Waals surface area contributed by atoms with Crippen molar-refractivity contribution < 1.29 is 33.3 Å². The molecule has 2 aliphatic rings. The average molecular weight is 686 g/mol. The Kier molecular flexibility index (Phi) is 12.0. The summed E-state index contributed by atoms with van der Waals surface area (Å²) >= 11 is 6.51. The van der Waals surface area contributed by atoms with E-state index in [1.807, 2.05) is 33.8 Å². The highest BCUT2D eigenvalue weighted by Crippen LogP contribution is 2.39. The number of allylic oxidation sites excluding steroid dienone is 1. The molecule has 0 spiro atoms. The van der Waals surface area contributed by atoms with Gasteiger partial charge in [0.1, 0.15) is 29.6 Å². The van der Waals surface area contributed by atoms with Crippen molar-refractivity contribution in [3.8, 4) is 11.6 Å². The fourth-order valence-corrected chi connectivity index (χ4v) is 6.92. The molecule has 0 radical (unpaired) electrons. The fraction of sp³-hybridized carbons (Fsp3) is 0.649. The Hall–Kier alpha value is -3.40. The van der Waals surface area contributed by atoms with Gasteiger partial charge in [0.05, 0.1) is 37.0 Å². The van der Waals surface area contributed by atoms with Crippen LogP contribution < -0.4 is 9.47 Å². The van der Waals surface area contributed by atoms with E-state index in [1.165, 1.54) is 4.90 Å². The van der Waals surface area contributed by atoms with Gasteiger partial charge < -0.3 is 23.8 Å². The number of amides is 1. The number of unbranched alkanes of at least 4 members (excludes halogenated alkanes) is 1. The second-order valence-corrected chi connectivity index (χ2v) is 15.6. The van der Waals surface area contributed by atoms with Crippen LogP contribution in [0.25, 0.3) is 11.0 Å². The number of ether oxygens (including phenoxy) is 4. The Balaban J connectivity index is 1.58. The first-order valence-corrected chi connectivity index (χ1v) is 17.4. The third kappa shape index (κ3) is 9.18. The highest BCUT2D eigenvalue weighted by molar-refractivity contribution is 6.31. The minimum Gasteiger partial charge on any atom is -0.497 e. The number of benzene rings is 1. The van der Waals surface area contributed by atoms with Crippen LogP contribution >= 0.6 is 11.6 Å². The van der Waals surface area contributed by atoms with E-state index in [0.717, 1.165) is 38.5 Å². The molecule has 2 aromatic rings. The lowest BCUT2D eigenvalue weighted by atomic mass is 9.77. The van der Waals surface area contributed by atoms with E-state index in [1.54, 1.807) is 46.1 Å². The molecule has 6 atom stereocenters. The van der Waals surface area contributed by atoms with Gasteiger partial charge in [-0.25, -0.2) is 14.8 Å². The maximum atomic E-state index is 14.5. The Labute approximate surface area is 289 Å². The molecule has 1 aliphatic carbocycles. The molecule has 0 bridgehead atoms. The normalized spacial score (nSPS) is 23.5. The maximum absolute atomic E-state index is 14.5. The summed E-state index contributed by atoms with van der Waals surface area (Å²) in [6, 6.07) is 4.28. The Morgan fingerprint density at radius 3 is 2.46 bits per heavy atom. The van der Waals surface area contributed by atoms with Crippen molar-refractivity contribution >= 4 is 40.5 Å². The van der Waals surface area contributed by atoms with Crippen LogP contribution in [0.1, 0.15) is 93.4 Å². The first kappa shape index (κ1) is 37.4. The molecule has 1 aromatic carbocycles. The van der Waals surface area contributed by atoms with Gasteiger partial charge in [-0.05, 0) is 82.8 Å². The molecule has 48 heavy (non-hydrogen) atoms. The average Bonchev–Trinajstić information content (AvgIpc) is 3.57. The third-order valence-electron chi connectivity index (χ3n) is 9.36. The van der Waals surface area contributed by atoms with Crippen molar-refractivity contribution in [3.05, 3.63) is 36.0 Å². The molecule has 1 saturated carbocycles. The number of esters is 2. The van der Waals surface area contributed by atoms with Crippen LogP contribution in [0.5, 0.6) is 11.6 Å². The topological polar surface area (TPSA) is 117 Å². The fourth-order valence-electron chi connectivity index (χ4n) is 6.74. The predicted octanol–water partition coefficient (Wildman–Crippen LogP) is 7.35. The van der Waals surface area contributed by atoms with Crippen LogP contribution in [-0.2, 0) is 23.9 Å². The molecule has 264 valence electrons. The lowest BCUT2D eigenvalue weighted by Crippen LogP contribution is -2.50. The van der Waals surface area contributed by atoms with E-state index in [4.69, 9.17) is 30.5 Å². The summed E-state index contributed by atoms with van der Waals surface area (Å²) in [5.41, 5.74) is -0.306. The number of halogens is 1. The van der Waals surface area contributed by atoms with Crippen molar-refractivity contribution in [1.82, 2.24) is 14.9 Å². The van der Waals surface area contributed by atoms with E-state index >= 15 is 0 Å². The number of fused-ring (bicyclic) bond motifs is 1. The van der Waals surface area contributed by atoms with Crippen LogP contribution in [0.4, 0.5) is 0 Å². The number of carbonyl (C=O) groups is 3. The zero-order chi connectivity index (χ0) is 35.4. The molecule has 0 N–H and O–H groups in total. The summed E-state index contributed by atoms with van der Waals surface area (Å²) in [5.74, 6) is -1.51. The number of methoxy groups -OCH3 is 1. The Morgan fingerprint density at radius 1 is 1.08 bits per heavy atom. The summed E-state index contributed by atoms with van der Waals surface area (Å²) in [7, 11) is 1.56. The summed E-state index contributed by atoms with van der Waals surface area (Å²) in [6.07, 6.45) is 6.80. The van der Waals surface area contributed by atoms with Gasteiger partial charge in [-0.1, -0.05) is 45.4 Å². The summed E-state index contributed by atoms with van der Waals surface area (Å²) < 4.78 is 23.5. The van der Waals surface area contributed by atoms with Crippen LogP contribution in [0.2, 0.25) is 5.15 Å². The second-order valence-electron chi connectivity index (χ2n) is 15.2. The van der Waals surface area contributed by atoms with Crippen molar-refractivity contribution in [3.63, 3.8) is 0 Å². The zero-order valence-corrected chi connectivity index (χ0v) is 30.5. The van der Waals surface area contributed by atoms with E-state index in [0.29, 0.717) is 22.7 Å². The second kappa shape index (κ2) is 15.4. The number of rotatable bonds is 12. The standard InChI is InChI=1S/C37H52ClN3O7/c1-10-11-12-14-23-15-13-16-28(23)46-30(42)20-25(36(3,4)5)34(43)41-21-29(22(2)31(41)35(44)48-37(6,7)8)47-33-32(38)39-26-18-17-24(45-9)19-27(26)40-33/h10,17-19,22-23,25,28-29,31H,1,11-16,20-21H2,2-9H3/t22-,23-,25-,28-,29+,31+/m1/s1. The zero-order valence-electron chi connectivity index (χ0n) is 29.7. The summed E-state index contributed by atoms with van der Waals surface area (Å²) in [4.78, 5) is 52.2. The monoisotopic (exact) mass is 685 g/mol. The number of nitrogens with zero attached hydrogens (tertiary/aromatic N) is 3. The third-order valence-corrected chi connectivity index (χ3v) is 9.61. The van der Waals surface area contributed by atoms with Gasteiger partial charge in [-0.15, -0.1) is 6.58 Å². The lowest BCUT2D eigenvalue weighted by molar-refractivity contribution is -0.167. The first-order valence-electron chi connectivity index (χ1n) is 17.0. The van der Waals surface area contributed by atoms with Gasteiger partial charge in [0.25, 0.3) is 5.88 Å². The SMILES string of the molecule is C=CCCC[C@@H]1CCC[C@H]1OC(=O)C[C@H](C(=O)N1C[C@H](Oc2nc3cc(OC)ccc3nc2Cl)[C@@H](C)[C@H]1C(=O)OC(C)(C)C)C(C)(C)C. The largest absolute Gasteiger partial charge is 0.497 e. The molecule has 1 aliphatic heterocycles. The van der Waals surface area contributed by atoms with Gasteiger partial charge in [0, 0.05) is 12.0 Å². The van der Waals surface area contributed by atoms with Crippen molar-refractivity contribution in [2.75, 3.05) is 13.7 Å². The molecule has 1 saturated heterocycles. The molecule has 0 unspecified atom stereocenters. The highest BCUT2D eigenvalue weighted by Gasteiger charge is 2.51. The van der Waals surface area contributed by atoms with Gasteiger partial charge in [0.2, 0.25) is 5.91 Å². The van der Waals surface area contributed by atoms with Crippen LogP contribution in [0, 0.1) is 23.2 Å². The molecule has 4 rings (SSSR count). The van der Waals surface area contributed by atoms with Crippen molar-refractivity contribution in [1.29, 1.82) is 0 Å². The first-order chi connectivity index (χ1) is 22.5. The Morgan fingerprint density at radius 2 is 1.81 bits per heavy atom. The van der Waals surface area contributed by atoms with Crippen LogP contribution in [-0.4, -0.2) is 70.2 Å². The van der Waals surface area contributed by atoms with E-state index in [9.17, 15) is 14.4 Å². The van der Waals surface area contributed by atoms with Gasteiger partial charge in [0.15, 0.2) is 5.15 Å². The molecule has 1 amide bonds. The van der Waals surface area contributed by atoms with E-state index in [2.05, 4.69) is 16.5 Å². The smallest absolute Gasteiger partial charge is 0.329 e. The molecule has 11 heteroatoms. The molecular weight excluding hydrogens is 634 g/mol. The van der Waals surface area contributed by atoms with E-state index in [-0.39, 0.29) is 36.0 Å². The summed E-state index contributed by atoms with van der Waals surface area (Å²) in [5, 5.41) is 0.0588. The predicted molar refractivity (Wildman–Crippen MR) is 185 cm³/mol. The minimum absolute atomic E-state index is 0.0588. The van der Waals surface area contributed by atoms with Gasteiger partial charge in [-0.3, -0.25) is 9.59 Å². The molecule has 2 fully saturated rings. The number of hydrogen-bond acceptors (Lipinski definition) is 9. The van der Waals surface area contributed by atoms with Crippen molar-refractivity contribution in [2.24, 2.45) is 23.2 Å². The highest BCUT2D eigenvalue weighted by atomic mass is 35.5. The molecular formula is C37H52ClN3O7. The van der Waals surface area contributed by atoms with Crippen molar-refractivity contribution in [2.45, 2.75) is 117 Å². The van der Waals surface area contributed by atoms with Crippen LogP contribution in [0.3, 0.4) is 0 Å². The van der Waals surface area contributed by atoms with Gasteiger partial charge >= 0.3 is 11.9 Å². The summed E-state index contributed by atoms with van der Waals surface area (Å²) in [6.45, 7) is 16.8. The quantitative estimate of drug-likeness (QED) is 0.128. The number of likely N-dealkylation sites (tertiary alicyclic amines) is 1. The van der Waals surface area contributed by atoms with Gasteiger partial charge in [-0.2, -0.15) is 0 Å². The maximum Gasteiger partial charge on any atom is 0.329 e. The lowest BCUT2D eigenvalue weighted by Gasteiger charge is -2.35. The molecule has 10 nitrogen and oxygen atoms in total.